The molecule has 0 saturated heterocycles. The molecule has 0 fully saturated rings. The first-order valence-electron chi connectivity index (χ1n) is 5.78. The molecule has 0 aromatic carbocycles. The second kappa shape index (κ2) is 4.13. The molecule has 0 heteroatoms. The molecule has 2 aliphatic rings. The van der Waals surface area contributed by atoms with Crippen LogP contribution in [0.2, 0.25) is 0 Å². The number of allylic oxidation sites excluding steroid dienone is 4. The average Bonchev–Trinajstić information content (AvgIpc) is 2.19. The number of fused-ring (bicyclic) bond motifs is 1. The maximum absolute atomic E-state index is 2.46. The monoisotopic (exact) mass is 176 g/mol. The van der Waals surface area contributed by atoms with E-state index in [0.717, 1.165) is 11.8 Å². The standard InChI is InChI=1S/C13H20/c1-2-6-11-8-5-9-12-7-3-4-10-13(11)12/h5,7,9,11,13H,2-4,6,8,10H2,1H3. The van der Waals surface area contributed by atoms with Crippen molar-refractivity contribution in [3.05, 3.63) is 23.8 Å². The summed E-state index contributed by atoms with van der Waals surface area (Å²) in [6.07, 6.45) is 15.5. The lowest BCUT2D eigenvalue weighted by molar-refractivity contribution is 0.317. The SMILES string of the molecule is CCCC1CC=CC2=CCCCC21. The van der Waals surface area contributed by atoms with E-state index in [9.17, 15) is 0 Å². The highest BCUT2D eigenvalue weighted by Gasteiger charge is 2.26. The van der Waals surface area contributed by atoms with Crippen molar-refractivity contribution in [1.82, 2.24) is 0 Å². The number of hydrogen-bond acceptors (Lipinski definition) is 0. The highest BCUT2D eigenvalue weighted by Crippen LogP contribution is 2.39. The molecule has 0 saturated carbocycles. The van der Waals surface area contributed by atoms with Gasteiger partial charge in [-0.3, -0.25) is 0 Å². The van der Waals surface area contributed by atoms with Gasteiger partial charge in [-0.2, -0.15) is 0 Å². The zero-order chi connectivity index (χ0) is 9.10. The van der Waals surface area contributed by atoms with Crippen LogP contribution in [0.1, 0.15) is 45.4 Å². The van der Waals surface area contributed by atoms with Crippen molar-refractivity contribution in [1.29, 1.82) is 0 Å². The fourth-order valence-electron chi connectivity index (χ4n) is 2.86. The highest BCUT2D eigenvalue weighted by atomic mass is 14.3. The Morgan fingerprint density at radius 1 is 1.46 bits per heavy atom. The zero-order valence-corrected chi connectivity index (χ0v) is 8.63. The number of hydrogen-bond donors (Lipinski definition) is 0. The molecule has 2 aliphatic carbocycles. The van der Waals surface area contributed by atoms with Crippen LogP contribution in [-0.2, 0) is 0 Å². The van der Waals surface area contributed by atoms with E-state index in [0.29, 0.717) is 0 Å². The molecule has 0 amide bonds. The lowest BCUT2D eigenvalue weighted by atomic mass is 9.72. The van der Waals surface area contributed by atoms with Crippen molar-refractivity contribution in [3.63, 3.8) is 0 Å². The Morgan fingerprint density at radius 2 is 2.38 bits per heavy atom. The summed E-state index contributed by atoms with van der Waals surface area (Å²) >= 11 is 0. The fraction of sp³-hybridized carbons (Fsp3) is 0.692. The molecule has 0 spiro atoms. The Kier molecular flexibility index (Phi) is 2.87. The smallest absolute Gasteiger partial charge is 0.0134 e. The van der Waals surface area contributed by atoms with Crippen LogP contribution in [-0.4, -0.2) is 0 Å². The third kappa shape index (κ3) is 1.87. The van der Waals surface area contributed by atoms with Crippen LogP contribution in [0.5, 0.6) is 0 Å². The van der Waals surface area contributed by atoms with Crippen molar-refractivity contribution in [3.8, 4) is 0 Å². The normalized spacial score (nSPS) is 32.5. The third-order valence-electron chi connectivity index (χ3n) is 3.51. The van der Waals surface area contributed by atoms with E-state index in [1.807, 2.05) is 0 Å². The summed E-state index contributed by atoms with van der Waals surface area (Å²) in [5.74, 6) is 1.88. The Labute approximate surface area is 81.7 Å². The largest absolute Gasteiger partial charge is 0.0840 e. The van der Waals surface area contributed by atoms with Crippen LogP contribution in [0.3, 0.4) is 0 Å². The van der Waals surface area contributed by atoms with Crippen molar-refractivity contribution in [2.45, 2.75) is 45.4 Å². The van der Waals surface area contributed by atoms with E-state index >= 15 is 0 Å². The first-order chi connectivity index (χ1) is 6.42. The molecule has 0 heterocycles. The van der Waals surface area contributed by atoms with E-state index in [1.165, 1.54) is 38.5 Å². The quantitative estimate of drug-likeness (QED) is 0.594. The lowest BCUT2D eigenvalue weighted by Crippen LogP contribution is -2.21. The van der Waals surface area contributed by atoms with Crippen LogP contribution < -0.4 is 0 Å². The van der Waals surface area contributed by atoms with E-state index < -0.39 is 0 Å². The molecule has 2 atom stereocenters. The Morgan fingerprint density at radius 3 is 3.23 bits per heavy atom. The molecule has 13 heavy (non-hydrogen) atoms. The fourth-order valence-corrected chi connectivity index (χ4v) is 2.86. The highest BCUT2D eigenvalue weighted by molar-refractivity contribution is 5.27. The van der Waals surface area contributed by atoms with Gasteiger partial charge >= 0.3 is 0 Å². The first kappa shape index (κ1) is 9.05. The number of rotatable bonds is 2. The van der Waals surface area contributed by atoms with Gasteiger partial charge in [0, 0.05) is 0 Å². The summed E-state index contributed by atoms with van der Waals surface area (Å²) in [4.78, 5) is 0. The Balaban J connectivity index is 2.11. The molecular formula is C13H20. The lowest BCUT2D eigenvalue weighted by Gasteiger charge is -2.33. The predicted molar refractivity (Wildman–Crippen MR) is 57.6 cm³/mol. The summed E-state index contributed by atoms with van der Waals surface area (Å²) in [5, 5.41) is 0. The summed E-state index contributed by atoms with van der Waals surface area (Å²) in [6.45, 7) is 2.31. The van der Waals surface area contributed by atoms with Crippen molar-refractivity contribution in [2.75, 3.05) is 0 Å². The van der Waals surface area contributed by atoms with Gasteiger partial charge in [0.05, 0.1) is 0 Å². The van der Waals surface area contributed by atoms with E-state index in [-0.39, 0.29) is 0 Å². The van der Waals surface area contributed by atoms with Gasteiger partial charge in [0.2, 0.25) is 0 Å². The minimum Gasteiger partial charge on any atom is -0.0840 e. The van der Waals surface area contributed by atoms with Crippen molar-refractivity contribution in [2.24, 2.45) is 11.8 Å². The van der Waals surface area contributed by atoms with Gasteiger partial charge in [0.1, 0.15) is 0 Å². The molecule has 0 aromatic rings. The van der Waals surface area contributed by atoms with Gasteiger partial charge in [-0.15, -0.1) is 0 Å². The van der Waals surface area contributed by atoms with Gasteiger partial charge in [0.25, 0.3) is 0 Å². The minimum absolute atomic E-state index is 0.915. The maximum atomic E-state index is 2.46. The van der Waals surface area contributed by atoms with Gasteiger partial charge < -0.3 is 0 Å². The molecule has 0 bridgehead atoms. The molecule has 2 rings (SSSR count). The van der Waals surface area contributed by atoms with Gasteiger partial charge in [-0.05, 0) is 49.5 Å². The maximum Gasteiger partial charge on any atom is -0.0134 e. The second-order valence-electron chi connectivity index (χ2n) is 4.43. The van der Waals surface area contributed by atoms with E-state index in [4.69, 9.17) is 0 Å². The van der Waals surface area contributed by atoms with Gasteiger partial charge in [0.15, 0.2) is 0 Å². The van der Waals surface area contributed by atoms with Gasteiger partial charge in [-0.1, -0.05) is 31.6 Å². The molecule has 0 nitrogen and oxygen atoms in total. The van der Waals surface area contributed by atoms with Crippen LogP contribution in [0.25, 0.3) is 0 Å². The molecule has 0 N–H and O–H groups in total. The first-order valence-corrected chi connectivity index (χ1v) is 5.78. The van der Waals surface area contributed by atoms with Gasteiger partial charge in [-0.25, -0.2) is 0 Å². The van der Waals surface area contributed by atoms with Crippen LogP contribution in [0.15, 0.2) is 23.8 Å². The van der Waals surface area contributed by atoms with E-state index in [1.54, 1.807) is 5.57 Å². The second-order valence-corrected chi connectivity index (χ2v) is 4.43. The minimum atomic E-state index is 0.915. The van der Waals surface area contributed by atoms with Crippen LogP contribution in [0.4, 0.5) is 0 Å². The Bertz CT molecular complexity index is 222. The van der Waals surface area contributed by atoms with E-state index in [2.05, 4.69) is 25.2 Å². The van der Waals surface area contributed by atoms with Crippen LogP contribution >= 0.6 is 0 Å². The predicted octanol–water partition coefficient (Wildman–Crippen LogP) is 4.09. The average molecular weight is 176 g/mol. The third-order valence-corrected chi connectivity index (χ3v) is 3.51. The summed E-state index contributed by atoms with van der Waals surface area (Å²) in [5.41, 5.74) is 1.65. The van der Waals surface area contributed by atoms with Crippen molar-refractivity contribution < 1.29 is 0 Å². The Hall–Kier alpha value is -0.520. The molecule has 72 valence electrons. The molecule has 0 aromatic heterocycles. The molecule has 0 aliphatic heterocycles. The summed E-state index contributed by atoms with van der Waals surface area (Å²) in [7, 11) is 0. The molecule has 0 radical (unpaired) electrons. The molecule has 2 unspecified atom stereocenters. The molecular weight excluding hydrogens is 156 g/mol. The van der Waals surface area contributed by atoms with Crippen molar-refractivity contribution >= 4 is 0 Å². The van der Waals surface area contributed by atoms with Crippen LogP contribution in [0, 0.1) is 11.8 Å². The topological polar surface area (TPSA) is 0 Å². The zero-order valence-electron chi connectivity index (χ0n) is 8.63. The summed E-state index contributed by atoms with van der Waals surface area (Å²) in [6, 6.07) is 0. The summed E-state index contributed by atoms with van der Waals surface area (Å²) < 4.78 is 0.